The minimum absolute atomic E-state index is 0.0551. The number of benzene rings is 2. The van der Waals surface area contributed by atoms with E-state index in [1.165, 1.54) is 11.0 Å². The van der Waals surface area contributed by atoms with Gasteiger partial charge in [0, 0.05) is 12.1 Å². The van der Waals surface area contributed by atoms with Gasteiger partial charge in [-0.15, -0.1) is 0 Å². The van der Waals surface area contributed by atoms with Crippen molar-refractivity contribution in [3.63, 3.8) is 0 Å². The number of rotatable bonds is 5. The van der Waals surface area contributed by atoms with E-state index in [0.717, 1.165) is 5.56 Å². The van der Waals surface area contributed by atoms with Crippen LogP contribution in [0.2, 0.25) is 5.02 Å². The molecule has 166 valence electrons. The van der Waals surface area contributed by atoms with E-state index in [9.17, 15) is 9.59 Å². The maximum atomic E-state index is 12.9. The summed E-state index contributed by atoms with van der Waals surface area (Å²) in [5, 5.41) is 0.295. The lowest BCUT2D eigenvalue weighted by atomic mass is 10.1. The Morgan fingerprint density at radius 3 is 2.55 bits per heavy atom. The second kappa shape index (κ2) is 9.47. The number of esters is 1. The average Bonchev–Trinajstić information content (AvgIpc) is 2.71. The largest absolute Gasteiger partial charge is 0.487 e. The van der Waals surface area contributed by atoms with Crippen molar-refractivity contribution < 1.29 is 28.5 Å². The van der Waals surface area contributed by atoms with E-state index in [2.05, 4.69) is 0 Å². The lowest BCUT2D eigenvalue weighted by Crippen LogP contribution is -2.49. The molecule has 0 aromatic heterocycles. The minimum Gasteiger partial charge on any atom is -0.487 e. The van der Waals surface area contributed by atoms with Crippen molar-refractivity contribution in [1.82, 2.24) is 0 Å². The fraction of sp³-hybridized carbons (Fsp3) is 0.391. The van der Waals surface area contributed by atoms with Gasteiger partial charge in [-0.25, -0.2) is 9.59 Å². The topological polar surface area (TPSA) is 74.3 Å². The molecule has 1 aliphatic rings. The van der Waals surface area contributed by atoms with Gasteiger partial charge in [0.2, 0.25) is 6.10 Å². The Hall–Kier alpha value is -2.93. The number of anilines is 1. The Morgan fingerprint density at radius 1 is 1.19 bits per heavy atom. The second-order valence-electron chi connectivity index (χ2n) is 7.97. The summed E-state index contributed by atoms with van der Waals surface area (Å²) < 4.78 is 22.3. The van der Waals surface area contributed by atoms with E-state index >= 15 is 0 Å². The maximum Gasteiger partial charge on any atom is 0.415 e. The van der Waals surface area contributed by atoms with E-state index in [4.69, 9.17) is 30.5 Å². The first kappa shape index (κ1) is 22.7. The van der Waals surface area contributed by atoms with Gasteiger partial charge < -0.3 is 18.9 Å². The van der Waals surface area contributed by atoms with Gasteiger partial charge in [-0.1, -0.05) is 41.9 Å². The predicted octanol–water partition coefficient (Wildman–Crippen LogP) is 4.98. The molecule has 1 unspecified atom stereocenters. The van der Waals surface area contributed by atoms with E-state index < -0.39 is 23.8 Å². The maximum absolute atomic E-state index is 12.9. The summed E-state index contributed by atoms with van der Waals surface area (Å²) in [6.07, 6.45) is -1.60. The van der Waals surface area contributed by atoms with Crippen LogP contribution in [-0.2, 0) is 20.9 Å². The monoisotopic (exact) mass is 447 g/mol. The number of halogens is 1. The van der Waals surface area contributed by atoms with Crippen LogP contribution in [0.5, 0.6) is 11.5 Å². The number of fused-ring (bicyclic) bond motifs is 1. The van der Waals surface area contributed by atoms with Crippen molar-refractivity contribution in [3.05, 3.63) is 53.1 Å². The van der Waals surface area contributed by atoms with Crippen LogP contribution in [0.3, 0.4) is 0 Å². The van der Waals surface area contributed by atoms with Crippen LogP contribution < -0.4 is 14.4 Å². The lowest BCUT2D eigenvalue weighted by Gasteiger charge is -2.35. The Balaban J connectivity index is 1.91. The minimum atomic E-state index is -0.993. The molecular weight excluding hydrogens is 422 g/mol. The second-order valence-corrected chi connectivity index (χ2v) is 8.38. The molecule has 0 bridgehead atoms. The van der Waals surface area contributed by atoms with Crippen LogP contribution in [0.25, 0.3) is 0 Å². The average molecular weight is 448 g/mol. The van der Waals surface area contributed by atoms with Crippen LogP contribution in [0, 0.1) is 0 Å². The van der Waals surface area contributed by atoms with Gasteiger partial charge in [0.25, 0.3) is 0 Å². The Bertz CT molecular complexity index is 941. The van der Waals surface area contributed by atoms with Gasteiger partial charge >= 0.3 is 12.1 Å². The van der Waals surface area contributed by atoms with E-state index in [1.807, 2.05) is 30.3 Å². The van der Waals surface area contributed by atoms with Gasteiger partial charge in [0.1, 0.15) is 23.7 Å². The smallest absolute Gasteiger partial charge is 0.415 e. The Labute approximate surface area is 186 Å². The Kier molecular flexibility index (Phi) is 6.95. The SMILES string of the molecule is CCOC(=O)C1CN(C(=O)OC(C)(C)C)c2cc(OCc3ccccc3)c(Cl)cc2O1. The van der Waals surface area contributed by atoms with Crippen molar-refractivity contribution in [2.24, 2.45) is 0 Å². The summed E-state index contributed by atoms with van der Waals surface area (Å²) in [4.78, 5) is 26.5. The highest BCUT2D eigenvalue weighted by molar-refractivity contribution is 6.32. The molecule has 0 aliphatic carbocycles. The zero-order valence-electron chi connectivity index (χ0n) is 18.0. The molecule has 1 atom stereocenters. The highest BCUT2D eigenvalue weighted by atomic mass is 35.5. The molecule has 1 amide bonds. The van der Waals surface area contributed by atoms with Gasteiger partial charge in [-0.05, 0) is 33.3 Å². The van der Waals surface area contributed by atoms with Crippen LogP contribution >= 0.6 is 11.6 Å². The van der Waals surface area contributed by atoms with Gasteiger partial charge in [-0.2, -0.15) is 0 Å². The zero-order valence-corrected chi connectivity index (χ0v) is 18.8. The molecule has 8 heteroatoms. The highest BCUT2D eigenvalue weighted by Gasteiger charge is 2.37. The molecule has 3 rings (SSSR count). The first-order chi connectivity index (χ1) is 14.7. The van der Waals surface area contributed by atoms with Crippen LogP contribution in [-0.4, -0.2) is 36.9 Å². The van der Waals surface area contributed by atoms with Gasteiger partial charge in [-0.3, -0.25) is 4.90 Å². The number of carbonyl (C=O) groups is 2. The van der Waals surface area contributed by atoms with Gasteiger partial charge in [0.05, 0.1) is 23.9 Å². The van der Waals surface area contributed by atoms with E-state index in [-0.39, 0.29) is 18.9 Å². The highest BCUT2D eigenvalue weighted by Crippen LogP contribution is 2.42. The third-order valence-corrected chi connectivity index (χ3v) is 4.62. The van der Waals surface area contributed by atoms with Crippen LogP contribution in [0.1, 0.15) is 33.3 Å². The molecule has 2 aromatic carbocycles. The summed E-state index contributed by atoms with van der Waals surface area (Å²) in [6.45, 7) is 7.46. The standard InChI is InChI=1S/C23H26ClNO6/c1-5-28-21(26)20-13-25(22(27)31-23(2,3)4)17-12-18(16(24)11-19(17)30-20)29-14-15-9-7-6-8-10-15/h6-12,20H,5,13-14H2,1-4H3. The number of carbonyl (C=O) groups excluding carboxylic acids is 2. The first-order valence-corrected chi connectivity index (χ1v) is 10.4. The molecule has 7 nitrogen and oxygen atoms in total. The zero-order chi connectivity index (χ0) is 22.6. The quantitative estimate of drug-likeness (QED) is 0.601. The number of hydrogen-bond donors (Lipinski definition) is 0. The van der Waals surface area contributed by atoms with Crippen LogP contribution in [0.4, 0.5) is 10.5 Å². The fourth-order valence-corrected chi connectivity index (χ4v) is 3.19. The molecule has 1 heterocycles. The fourth-order valence-electron chi connectivity index (χ4n) is 2.98. The molecule has 31 heavy (non-hydrogen) atoms. The van der Waals surface area contributed by atoms with E-state index in [0.29, 0.717) is 23.1 Å². The summed E-state index contributed by atoms with van der Waals surface area (Å²) in [5.74, 6) is 0.0884. The summed E-state index contributed by atoms with van der Waals surface area (Å²) in [7, 11) is 0. The third kappa shape index (κ3) is 5.82. The molecule has 0 spiro atoms. The van der Waals surface area contributed by atoms with E-state index in [1.54, 1.807) is 33.8 Å². The number of hydrogen-bond acceptors (Lipinski definition) is 6. The van der Waals surface area contributed by atoms with Gasteiger partial charge in [0.15, 0.2) is 0 Å². The normalized spacial score (nSPS) is 15.5. The summed E-state index contributed by atoms with van der Waals surface area (Å²) in [5.41, 5.74) is 0.662. The molecule has 1 aliphatic heterocycles. The van der Waals surface area contributed by atoms with Crippen molar-refractivity contribution in [3.8, 4) is 11.5 Å². The first-order valence-electron chi connectivity index (χ1n) is 10.0. The number of amides is 1. The van der Waals surface area contributed by atoms with Crippen molar-refractivity contribution in [2.45, 2.75) is 46.0 Å². The Morgan fingerprint density at radius 2 is 1.90 bits per heavy atom. The molecule has 0 saturated heterocycles. The van der Waals surface area contributed by atoms with Crippen molar-refractivity contribution in [2.75, 3.05) is 18.1 Å². The van der Waals surface area contributed by atoms with Crippen molar-refractivity contribution in [1.29, 1.82) is 0 Å². The molecule has 0 radical (unpaired) electrons. The molecule has 0 saturated carbocycles. The summed E-state index contributed by atoms with van der Waals surface area (Å²) in [6, 6.07) is 12.8. The molecular formula is C23H26ClNO6. The molecule has 0 fully saturated rings. The van der Waals surface area contributed by atoms with Crippen molar-refractivity contribution >= 4 is 29.4 Å². The summed E-state index contributed by atoms with van der Waals surface area (Å²) >= 11 is 6.39. The number of nitrogens with zero attached hydrogens (tertiary/aromatic N) is 1. The third-order valence-electron chi connectivity index (χ3n) is 4.32. The van der Waals surface area contributed by atoms with Crippen LogP contribution in [0.15, 0.2) is 42.5 Å². The predicted molar refractivity (Wildman–Crippen MR) is 117 cm³/mol. The number of ether oxygens (including phenoxy) is 4. The molecule has 2 aromatic rings. The lowest BCUT2D eigenvalue weighted by molar-refractivity contribution is -0.151. The molecule has 0 N–H and O–H groups in total.